The second kappa shape index (κ2) is 3.47. The smallest absolute Gasteiger partial charge is 0.317 e. The fourth-order valence-corrected chi connectivity index (χ4v) is 1.35. The molecule has 1 aliphatic rings. The quantitative estimate of drug-likeness (QED) is 0.609. The number of alkyl halides is 3. The zero-order valence-electron chi connectivity index (χ0n) is 6.91. The second-order valence-electron chi connectivity index (χ2n) is 2.99. The molecule has 1 unspecified atom stereocenters. The summed E-state index contributed by atoms with van der Waals surface area (Å²) in [4.78, 5) is 0. The number of halogens is 3. The van der Waals surface area contributed by atoms with Gasteiger partial charge in [-0.25, -0.2) is 0 Å². The highest BCUT2D eigenvalue weighted by molar-refractivity contribution is 5.13. The maximum Gasteiger partial charge on any atom is 0.412 e. The summed E-state index contributed by atoms with van der Waals surface area (Å²) in [5, 5.41) is 2.96. The Morgan fingerprint density at radius 3 is 2.50 bits per heavy atom. The zero-order chi connectivity index (χ0) is 9.19. The molecule has 0 aromatic rings. The molecule has 4 heteroatoms. The van der Waals surface area contributed by atoms with Gasteiger partial charge in [0.1, 0.15) is 0 Å². The van der Waals surface area contributed by atoms with Crippen LogP contribution in [0.15, 0.2) is 11.6 Å². The summed E-state index contributed by atoms with van der Waals surface area (Å²) >= 11 is 0. The standard InChI is InChI=1S/C8H12F3N/c1-12-7-4-2-6(3-5-7)8(9,10)11/h2,7,12H,3-5H2,1H3. The number of hydrogen-bond acceptors (Lipinski definition) is 1. The predicted molar refractivity (Wildman–Crippen MR) is 40.8 cm³/mol. The van der Waals surface area contributed by atoms with Gasteiger partial charge in [0.25, 0.3) is 0 Å². The zero-order valence-corrected chi connectivity index (χ0v) is 6.91. The van der Waals surface area contributed by atoms with Crippen molar-refractivity contribution in [1.82, 2.24) is 5.32 Å². The minimum Gasteiger partial charge on any atom is -0.317 e. The molecule has 1 nitrogen and oxygen atoms in total. The third-order valence-corrected chi connectivity index (χ3v) is 2.18. The largest absolute Gasteiger partial charge is 0.412 e. The summed E-state index contributed by atoms with van der Waals surface area (Å²) in [5.74, 6) is 0. The van der Waals surface area contributed by atoms with Crippen LogP contribution in [-0.2, 0) is 0 Å². The van der Waals surface area contributed by atoms with Crippen LogP contribution in [0, 0.1) is 0 Å². The normalized spacial score (nSPS) is 25.3. The van der Waals surface area contributed by atoms with Gasteiger partial charge < -0.3 is 5.32 Å². The molecule has 0 aliphatic heterocycles. The van der Waals surface area contributed by atoms with Crippen LogP contribution in [0.5, 0.6) is 0 Å². The van der Waals surface area contributed by atoms with Crippen molar-refractivity contribution in [3.63, 3.8) is 0 Å². The van der Waals surface area contributed by atoms with Crippen molar-refractivity contribution < 1.29 is 13.2 Å². The molecule has 0 bridgehead atoms. The van der Waals surface area contributed by atoms with Crippen LogP contribution in [-0.4, -0.2) is 19.3 Å². The van der Waals surface area contributed by atoms with Crippen molar-refractivity contribution >= 4 is 0 Å². The molecule has 0 aromatic carbocycles. The van der Waals surface area contributed by atoms with Crippen molar-refractivity contribution in [2.45, 2.75) is 31.5 Å². The van der Waals surface area contributed by atoms with E-state index in [1.54, 1.807) is 7.05 Å². The van der Waals surface area contributed by atoms with Gasteiger partial charge in [0.05, 0.1) is 0 Å². The van der Waals surface area contributed by atoms with Crippen molar-refractivity contribution in [3.05, 3.63) is 11.6 Å². The number of rotatable bonds is 1. The fourth-order valence-electron chi connectivity index (χ4n) is 1.35. The molecule has 0 heterocycles. The van der Waals surface area contributed by atoms with Crippen LogP contribution >= 0.6 is 0 Å². The van der Waals surface area contributed by atoms with Crippen LogP contribution in [0.2, 0.25) is 0 Å². The minimum atomic E-state index is -4.11. The summed E-state index contributed by atoms with van der Waals surface area (Å²) in [7, 11) is 1.77. The van der Waals surface area contributed by atoms with Gasteiger partial charge in [-0.05, 0) is 26.3 Å². The van der Waals surface area contributed by atoms with Gasteiger partial charge in [-0.3, -0.25) is 0 Å². The highest BCUT2D eigenvalue weighted by atomic mass is 19.4. The summed E-state index contributed by atoms with van der Waals surface area (Å²) in [5.41, 5.74) is -0.367. The lowest BCUT2D eigenvalue weighted by Gasteiger charge is -2.22. The van der Waals surface area contributed by atoms with E-state index < -0.39 is 6.18 Å². The number of nitrogens with one attached hydrogen (secondary N) is 1. The first-order valence-corrected chi connectivity index (χ1v) is 3.97. The Bertz CT molecular complexity index is 183. The Balaban J connectivity index is 2.56. The molecule has 0 spiro atoms. The fraction of sp³-hybridized carbons (Fsp3) is 0.750. The highest BCUT2D eigenvalue weighted by Gasteiger charge is 2.34. The third-order valence-electron chi connectivity index (χ3n) is 2.18. The molecule has 1 rings (SSSR count). The molecule has 1 N–H and O–H groups in total. The van der Waals surface area contributed by atoms with Gasteiger partial charge in [0.15, 0.2) is 0 Å². The first-order valence-electron chi connectivity index (χ1n) is 3.97. The average molecular weight is 179 g/mol. The van der Waals surface area contributed by atoms with Crippen LogP contribution in [0.3, 0.4) is 0 Å². The lowest BCUT2D eigenvalue weighted by Crippen LogP contribution is -2.29. The number of hydrogen-bond donors (Lipinski definition) is 1. The van der Waals surface area contributed by atoms with Gasteiger partial charge in [0.2, 0.25) is 0 Å². The molecule has 1 aliphatic carbocycles. The molecule has 0 saturated heterocycles. The van der Waals surface area contributed by atoms with Crippen LogP contribution in [0.25, 0.3) is 0 Å². The molecule has 0 saturated carbocycles. The maximum absolute atomic E-state index is 12.1. The molecule has 0 amide bonds. The summed E-state index contributed by atoms with van der Waals surface area (Å²) < 4.78 is 36.3. The minimum absolute atomic E-state index is 0.148. The Labute approximate surface area is 69.6 Å². The van der Waals surface area contributed by atoms with E-state index in [1.807, 2.05) is 0 Å². The second-order valence-corrected chi connectivity index (χ2v) is 2.99. The topological polar surface area (TPSA) is 12.0 Å². The van der Waals surface area contributed by atoms with E-state index in [0.717, 1.165) is 0 Å². The predicted octanol–water partition coefficient (Wildman–Crippen LogP) is 2.25. The first-order chi connectivity index (χ1) is 5.54. The van der Waals surface area contributed by atoms with E-state index in [0.29, 0.717) is 12.8 Å². The first kappa shape index (κ1) is 9.58. The number of allylic oxidation sites excluding steroid dienone is 1. The van der Waals surface area contributed by atoms with Crippen molar-refractivity contribution in [3.8, 4) is 0 Å². The van der Waals surface area contributed by atoms with Crippen molar-refractivity contribution in [2.24, 2.45) is 0 Å². The van der Waals surface area contributed by atoms with Gasteiger partial charge in [-0.1, -0.05) is 6.08 Å². The van der Waals surface area contributed by atoms with E-state index in [1.165, 1.54) is 6.08 Å². The highest BCUT2D eigenvalue weighted by Crippen LogP contribution is 2.32. The van der Waals surface area contributed by atoms with E-state index in [-0.39, 0.29) is 18.0 Å². The van der Waals surface area contributed by atoms with Crippen LogP contribution in [0.1, 0.15) is 19.3 Å². The van der Waals surface area contributed by atoms with Gasteiger partial charge in [-0.2, -0.15) is 13.2 Å². The molecule has 1 atom stereocenters. The van der Waals surface area contributed by atoms with Gasteiger partial charge >= 0.3 is 6.18 Å². The lowest BCUT2D eigenvalue weighted by molar-refractivity contribution is -0.0952. The van der Waals surface area contributed by atoms with Gasteiger partial charge in [-0.15, -0.1) is 0 Å². The van der Waals surface area contributed by atoms with Crippen molar-refractivity contribution in [2.75, 3.05) is 7.05 Å². The molecule has 0 radical (unpaired) electrons. The summed E-state index contributed by atoms with van der Waals surface area (Å²) in [6, 6.07) is 0.219. The van der Waals surface area contributed by atoms with E-state index in [2.05, 4.69) is 5.32 Å². The molecular weight excluding hydrogens is 167 g/mol. The Morgan fingerprint density at radius 1 is 1.50 bits per heavy atom. The van der Waals surface area contributed by atoms with E-state index >= 15 is 0 Å². The Morgan fingerprint density at radius 2 is 2.17 bits per heavy atom. The maximum atomic E-state index is 12.1. The monoisotopic (exact) mass is 179 g/mol. The molecule has 0 fully saturated rings. The van der Waals surface area contributed by atoms with Gasteiger partial charge in [0, 0.05) is 11.6 Å². The summed E-state index contributed by atoms with van der Waals surface area (Å²) in [6.45, 7) is 0. The third kappa shape index (κ3) is 2.24. The molecule has 70 valence electrons. The lowest BCUT2D eigenvalue weighted by atomic mass is 9.95. The summed E-state index contributed by atoms with van der Waals surface area (Å²) in [6.07, 6.45) is -1.59. The van der Waals surface area contributed by atoms with E-state index in [4.69, 9.17) is 0 Å². The Kier molecular flexibility index (Phi) is 2.77. The average Bonchev–Trinajstić information content (AvgIpc) is 2.03. The SMILES string of the molecule is CNC1CC=C(C(F)(F)F)CC1. The molecular formula is C8H12F3N. The van der Waals surface area contributed by atoms with Crippen LogP contribution in [0.4, 0.5) is 13.2 Å². The van der Waals surface area contributed by atoms with Crippen LogP contribution < -0.4 is 5.32 Å². The van der Waals surface area contributed by atoms with E-state index in [9.17, 15) is 13.2 Å². The Hall–Kier alpha value is -0.510. The molecule has 0 aromatic heterocycles. The molecule has 12 heavy (non-hydrogen) atoms. The van der Waals surface area contributed by atoms with Crippen molar-refractivity contribution in [1.29, 1.82) is 0 Å².